The molecule has 0 aliphatic heterocycles. The largest absolute Gasteiger partial charge is 0.497 e. The Labute approximate surface area is 116 Å². The van der Waals surface area contributed by atoms with Gasteiger partial charge in [0.15, 0.2) is 0 Å². The highest BCUT2D eigenvalue weighted by atomic mass is 16.5. The molecule has 2 rings (SSSR count). The molecule has 0 aliphatic carbocycles. The molecule has 0 bridgehead atoms. The second kappa shape index (κ2) is 6.18. The summed E-state index contributed by atoms with van der Waals surface area (Å²) in [6.45, 7) is 0. The number of methoxy groups -OCH3 is 1. The van der Waals surface area contributed by atoms with Gasteiger partial charge >= 0.3 is 7.12 Å². The van der Waals surface area contributed by atoms with Crippen LogP contribution in [0.4, 0.5) is 5.82 Å². The predicted octanol–water partition coefficient (Wildman–Crippen LogP) is 0.0223. The van der Waals surface area contributed by atoms with E-state index in [0.717, 1.165) is 0 Å². The molecule has 1 amide bonds. The molecule has 7 heteroatoms. The van der Waals surface area contributed by atoms with Crippen molar-refractivity contribution in [3.8, 4) is 5.75 Å². The molecule has 0 atom stereocenters. The van der Waals surface area contributed by atoms with Crippen molar-refractivity contribution in [1.82, 2.24) is 4.98 Å². The minimum absolute atomic E-state index is 0.320. The van der Waals surface area contributed by atoms with Gasteiger partial charge in [0.05, 0.1) is 7.11 Å². The summed E-state index contributed by atoms with van der Waals surface area (Å²) >= 11 is 0. The Morgan fingerprint density at radius 1 is 1.25 bits per heavy atom. The first-order chi connectivity index (χ1) is 9.60. The Morgan fingerprint density at radius 2 is 1.95 bits per heavy atom. The molecule has 20 heavy (non-hydrogen) atoms. The van der Waals surface area contributed by atoms with E-state index in [1.165, 1.54) is 37.6 Å². The van der Waals surface area contributed by atoms with Crippen molar-refractivity contribution in [2.45, 2.75) is 0 Å². The molecule has 0 radical (unpaired) electrons. The fourth-order valence-electron chi connectivity index (χ4n) is 1.60. The highest BCUT2D eigenvalue weighted by Gasteiger charge is 2.12. The first-order valence-corrected chi connectivity index (χ1v) is 5.87. The molecule has 0 unspecified atom stereocenters. The quantitative estimate of drug-likeness (QED) is 0.682. The van der Waals surface area contributed by atoms with Crippen LogP contribution in [0.15, 0.2) is 42.6 Å². The summed E-state index contributed by atoms with van der Waals surface area (Å²) in [6, 6.07) is 9.22. The molecular formula is C13H13BN2O4. The van der Waals surface area contributed by atoms with Crippen LogP contribution in [-0.4, -0.2) is 35.2 Å². The number of benzene rings is 1. The van der Waals surface area contributed by atoms with E-state index in [1.807, 2.05) is 0 Å². The lowest BCUT2D eigenvalue weighted by atomic mass is 9.80. The smallest absolute Gasteiger partial charge is 0.488 e. The maximum Gasteiger partial charge on any atom is 0.488 e. The van der Waals surface area contributed by atoms with Crippen LogP contribution in [0.2, 0.25) is 0 Å². The normalized spacial score (nSPS) is 9.95. The first-order valence-electron chi connectivity index (χ1n) is 5.87. The van der Waals surface area contributed by atoms with Gasteiger partial charge in [-0.25, -0.2) is 4.98 Å². The summed E-state index contributed by atoms with van der Waals surface area (Å²) in [5.74, 6) is 0.624. The number of pyridine rings is 1. The van der Waals surface area contributed by atoms with Gasteiger partial charge < -0.3 is 20.1 Å². The van der Waals surface area contributed by atoms with Crippen molar-refractivity contribution in [1.29, 1.82) is 0 Å². The SMILES string of the molecule is COc1ccnc(NC(=O)c2ccc(B(O)O)cc2)c1. The Balaban J connectivity index is 2.11. The summed E-state index contributed by atoms with van der Waals surface area (Å²) in [5.41, 5.74) is 0.708. The highest BCUT2D eigenvalue weighted by Crippen LogP contribution is 2.14. The summed E-state index contributed by atoms with van der Waals surface area (Å²) < 4.78 is 5.04. The van der Waals surface area contributed by atoms with E-state index in [4.69, 9.17) is 14.8 Å². The van der Waals surface area contributed by atoms with Crippen LogP contribution in [0.5, 0.6) is 5.75 Å². The van der Waals surface area contributed by atoms with E-state index < -0.39 is 7.12 Å². The van der Waals surface area contributed by atoms with Crippen LogP contribution in [0.25, 0.3) is 0 Å². The Kier molecular flexibility index (Phi) is 4.34. The van der Waals surface area contributed by atoms with E-state index in [9.17, 15) is 4.79 Å². The van der Waals surface area contributed by atoms with Crippen molar-refractivity contribution in [3.05, 3.63) is 48.2 Å². The molecule has 0 saturated heterocycles. The minimum Gasteiger partial charge on any atom is -0.497 e. The van der Waals surface area contributed by atoms with E-state index >= 15 is 0 Å². The van der Waals surface area contributed by atoms with Crippen LogP contribution in [0.3, 0.4) is 0 Å². The van der Waals surface area contributed by atoms with Crippen molar-refractivity contribution in [2.24, 2.45) is 0 Å². The van der Waals surface area contributed by atoms with Crippen LogP contribution >= 0.6 is 0 Å². The lowest BCUT2D eigenvalue weighted by Crippen LogP contribution is -2.29. The van der Waals surface area contributed by atoms with E-state index in [-0.39, 0.29) is 5.91 Å². The molecule has 3 N–H and O–H groups in total. The third-order valence-electron chi connectivity index (χ3n) is 2.68. The lowest BCUT2D eigenvalue weighted by molar-refractivity contribution is 0.102. The third kappa shape index (κ3) is 3.34. The number of ether oxygens (including phenoxy) is 1. The van der Waals surface area contributed by atoms with Gasteiger partial charge in [-0.05, 0) is 23.7 Å². The molecule has 1 aromatic carbocycles. The number of nitrogens with zero attached hydrogens (tertiary/aromatic N) is 1. The minimum atomic E-state index is -1.55. The lowest BCUT2D eigenvalue weighted by Gasteiger charge is -2.06. The molecule has 6 nitrogen and oxygen atoms in total. The number of anilines is 1. The van der Waals surface area contributed by atoms with Crippen LogP contribution in [-0.2, 0) is 0 Å². The summed E-state index contributed by atoms with van der Waals surface area (Å²) in [7, 11) is -0.0213. The highest BCUT2D eigenvalue weighted by molar-refractivity contribution is 6.58. The fourth-order valence-corrected chi connectivity index (χ4v) is 1.60. The summed E-state index contributed by atoms with van der Waals surface area (Å²) in [5, 5.41) is 20.6. The molecule has 0 saturated carbocycles. The summed E-state index contributed by atoms with van der Waals surface area (Å²) in [4.78, 5) is 16.0. The van der Waals surface area contributed by atoms with E-state index in [2.05, 4.69) is 10.3 Å². The number of hydrogen-bond acceptors (Lipinski definition) is 5. The van der Waals surface area contributed by atoms with Gasteiger partial charge in [-0.1, -0.05) is 12.1 Å². The van der Waals surface area contributed by atoms with Gasteiger partial charge in [-0.3, -0.25) is 4.79 Å². The zero-order valence-corrected chi connectivity index (χ0v) is 10.8. The van der Waals surface area contributed by atoms with Crippen molar-refractivity contribution in [2.75, 3.05) is 12.4 Å². The first kappa shape index (κ1) is 14.0. The molecule has 2 aromatic rings. The second-order valence-electron chi connectivity index (χ2n) is 4.03. The second-order valence-corrected chi connectivity index (χ2v) is 4.03. The van der Waals surface area contributed by atoms with Crippen LogP contribution < -0.4 is 15.5 Å². The summed E-state index contributed by atoms with van der Waals surface area (Å²) in [6.07, 6.45) is 1.53. The van der Waals surface area contributed by atoms with Crippen molar-refractivity contribution < 1.29 is 19.6 Å². The molecule has 102 valence electrons. The molecule has 1 heterocycles. The molecule has 0 aliphatic rings. The average Bonchev–Trinajstić information content (AvgIpc) is 2.47. The van der Waals surface area contributed by atoms with Crippen molar-refractivity contribution >= 4 is 24.3 Å². The van der Waals surface area contributed by atoms with Gasteiger partial charge in [-0.15, -0.1) is 0 Å². The number of nitrogens with one attached hydrogen (secondary N) is 1. The predicted molar refractivity (Wildman–Crippen MR) is 75.0 cm³/mol. The van der Waals surface area contributed by atoms with Gasteiger partial charge in [0, 0.05) is 17.8 Å². The number of rotatable bonds is 4. The Morgan fingerprint density at radius 3 is 2.55 bits per heavy atom. The van der Waals surface area contributed by atoms with Crippen LogP contribution in [0.1, 0.15) is 10.4 Å². The number of carbonyl (C=O) groups is 1. The van der Waals surface area contributed by atoms with Gasteiger partial charge in [0.25, 0.3) is 5.91 Å². The van der Waals surface area contributed by atoms with Gasteiger partial charge in [-0.2, -0.15) is 0 Å². The Bertz CT molecular complexity index is 602. The zero-order valence-electron chi connectivity index (χ0n) is 10.8. The van der Waals surface area contributed by atoms with E-state index in [0.29, 0.717) is 22.6 Å². The topological polar surface area (TPSA) is 91.7 Å². The maximum atomic E-state index is 12.0. The number of aromatic nitrogens is 1. The maximum absolute atomic E-state index is 12.0. The standard InChI is InChI=1S/C13H13BN2O4/c1-20-11-6-7-15-12(8-11)16-13(17)9-2-4-10(5-3-9)14(18)19/h2-8,18-19H,1H3,(H,15,16,17). The van der Waals surface area contributed by atoms with E-state index in [1.54, 1.807) is 12.1 Å². The monoisotopic (exact) mass is 272 g/mol. The molecule has 1 aromatic heterocycles. The van der Waals surface area contributed by atoms with Crippen molar-refractivity contribution in [3.63, 3.8) is 0 Å². The van der Waals surface area contributed by atoms with Crippen LogP contribution in [0, 0.1) is 0 Å². The molecular weight excluding hydrogens is 259 g/mol. The number of hydrogen-bond donors (Lipinski definition) is 3. The molecule has 0 fully saturated rings. The molecule has 0 spiro atoms. The van der Waals surface area contributed by atoms with Gasteiger partial charge in [0.2, 0.25) is 0 Å². The third-order valence-corrected chi connectivity index (χ3v) is 2.68. The number of carbonyl (C=O) groups excluding carboxylic acids is 1. The van der Waals surface area contributed by atoms with Gasteiger partial charge in [0.1, 0.15) is 11.6 Å². The zero-order chi connectivity index (χ0) is 14.5. The Hall–Kier alpha value is -2.38. The average molecular weight is 272 g/mol. The fraction of sp³-hybridized carbons (Fsp3) is 0.0769. The number of amides is 1.